The van der Waals surface area contributed by atoms with Gasteiger partial charge in [-0.15, -0.1) is 0 Å². The minimum Gasteiger partial charge on any atom is -0.460 e. The van der Waals surface area contributed by atoms with Crippen LogP contribution in [0, 0.1) is 0 Å². The first-order chi connectivity index (χ1) is 18.3. The van der Waals surface area contributed by atoms with E-state index in [9.17, 15) is 4.79 Å². The fourth-order valence-electron chi connectivity index (χ4n) is 4.71. The van der Waals surface area contributed by atoms with Gasteiger partial charge in [0.2, 0.25) is 11.9 Å². The number of amides is 1. The number of benzene rings is 2. The highest BCUT2D eigenvalue weighted by Gasteiger charge is 2.18. The van der Waals surface area contributed by atoms with E-state index in [0.29, 0.717) is 17.0 Å². The van der Waals surface area contributed by atoms with Gasteiger partial charge in [0, 0.05) is 68.0 Å². The Morgan fingerprint density at radius 3 is 2.66 bits per heavy atom. The van der Waals surface area contributed by atoms with Gasteiger partial charge in [0.05, 0.1) is 17.6 Å². The number of anilines is 4. The predicted molar refractivity (Wildman–Crippen MR) is 154 cm³/mol. The standard InChI is InChI=1S/C29H33N7O2/c1-6-36(15-14-34(3)4)26-12-11-20(17-24(26)30-19(2)37)31-29-32-23-13-16-38-28(23)27(33-29)22-18-35(5)25-10-8-7-9-21(22)25/h7-13,16-18H,6,14-15H2,1-5H3,(H,30,37)(H,31,32,33). The lowest BCUT2D eigenvalue weighted by Gasteiger charge is -2.27. The lowest BCUT2D eigenvalue weighted by molar-refractivity contribution is -0.114. The number of carbonyl (C=O) groups excluding carboxylic acids is 1. The molecule has 196 valence electrons. The zero-order valence-electron chi connectivity index (χ0n) is 22.4. The number of nitrogens with one attached hydrogen (secondary N) is 2. The number of rotatable bonds is 9. The number of aryl methyl sites for hydroxylation is 1. The minimum absolute atomic E-state index is 0.124. The first-order valence-electron chi connectivity index (χ1n) is 12.7. The van der Waals surface area contributed by atoms with Crippen LogP contribution in [0.5, 0.6) is 0 Å². The third-order valence-electron chi connectivity index (χ3n) is 6.56. The maximum absolute atomic E-state index is 12.0. The molecule has 0 atom stereocenters. The van der Waals surface area contributed by atoms with Crippen molar-refractivity contribution in [1.82, 2.24) is 19.4 Å². The molecule has 2 aromatic carbocycles. The van der Waals surface area contributed by atoms with Crippen LogP contribution >= 0.6 is 0 Å². The van der Waals surface area contributed by atoms with Crippen LogP contribution in [0.15, 0.2) is 65.4 Å². The summed E-state index contributed by atoms with van der Waals surface area (Å²) in [6.45, 7) is 6.21. The normalized spacial score (nSPS) is 11.4. The Labute approximate surface area is 222 Å². The van der Waals surface area contributed by atoms with Crippen LogP contribution in [0.25, 0.3) is 33.3 Å². The smallest absolute Gasteiger partial charge is 0.228 e. The molecule has 2 N–H and O–H groups in total. The summed E-state index contributed by atoms with van der Waals surface area (Å²) in [5.41, 5.74) is 6.64. The zero-order chi connectivity index (χ0) is 26.8. The number of para-hydroxylation sites is 1. The number of hydrogen-bond donors (Lipinski definition) is 2. The van der Waals surface area contributed by atoms with Crippen molar-refractivity contribution in [2.24, 2.45) is 7.05 Å². The van der Waals surface area contributed by atoms with Crippen molar-refractivity contribution < 1.29 is 9.21 Å². The molecule has 0 bridgehead atoms. The van der Waals surface area contributed by atoms with Crippen molar-refractivity contribution in [1.29, 1.82) is 0 Å². The van der Waals surface area contributed by atoms with Gasteiger partial charge in [-0.25, -0.2) is 9.97 Å². The van der Waals surface area contributed by atoms with E-state index in [-0.39, 0.29) is 5.91 Å². The summed E-state index contributed by atoms with van der Waals surface area (Å²) in [7, 11) is 6.13. The molecule has 0 aliphatic heterocycles. The average molecular weight is 512 g/mol. The third-order valence-corrected chi connectivity index (χ3v) is 6.56. The Bertz CT molecular complexity index is 1600. The van der Waals surface area contributed by atoms with Gasteiger partial charge >= 0.3 is 0 Å². The maximum atomic E-state index is 12.0. The van der Waals surface area contributed by atoms with Gasteiger partial charge in [-0.1, -0.05) is 18.2 Å². The molecule has 0 saturated carbocycles. The topological polar surface area (TPSA) is 91.5 Å². The number of carbonyl (C=O) groups is 1. The highest BCUT2D eigenvalue weighted by Crippen LogP contribution is 2.35. The van der Waals surface area contributed by atoms with E-state index < -0.39 is 0 Å². The number of nitrogens with zero attached hydrogens (tertiary/aromatic N) is 5. The first-order valence-corrected chi connectivity index (χ1v) is 12.7. The summed E-state index contributed by atoms with van der Waals surface area (Å²) >= 11 is 0. The van der Waals surface area contributed by atoms with E-state index in [1.807, 2.05) is 43.4 Å². The van der Waals surface area contributed by atoms with Crippen molar-refractivity contribution in [2.45, 2.75) is 13.8 Å². The largest absolute Gasteiger partial charge is 0.460 e. The Morgan fingerprint density at radius 2 is 1.89 bits per heavy atom. The molecule has 0 unspecified atom stereocenters. The number of fused-ring (bicyclic) bond motifs is 2. The minimum atomic E-state index is -0.124. The van der Waals surface area contributed by atoms with Crippen molar-refractivity contribution in [3.05, 3.63) is 61.0 Å². The summed E-state index contributed by atoms with van der Waals surface area (Å²) < 4.78 is 7.89. The molecule has 0 aliphatic carbocycles. The molecular weight excluding hydrogens is 478 g/mol. The summed E-state index contributed by atoms with van der Waals surface area (Å²) in [6, 6.07) is 16.0. The molecule has 0 fully saturated rings. The second-order valence-corrected chi connectivity index (χ2v) is 9.62. The fraction of sp³-hybridized carbons (Fsp3) is 0.276. The van der Waals surface area contributed by atoms with E-state index >= 15 is 0 Å². The second-order valence-electron chi connectivity index (χ2n) is 9.62. The Kier molecular flexibility index (Phi) is 7.02. The highest BCUT2D eigenvalue weighted by molar-refractivity contribution is 6.01. The first kappa shape index (κ1) is 25.3. The fourth-order valence-corrected chi connectivity index (χ4v) is 4.71. The number of furan rings is 1. The Balaban J connectivity index is 1.53. The van der Waals surface area contributed by atoms with Crippen molar-refractivity contribution in [2.75, 3.05) is 49.3 Å². The summed E-state index contributed by atoms with van der Waals surface area (Å²) in [5, 5.41) is 7.43. The molecule has 0 aliphatic rings. The van der Waals surface area contributed by atoms with E-state index in [4.69, 9.17) is 14.4 Å². The molecular formula is C29H33N7O2. The van der Waals surface area contributed by atoms with Gasteiger partial charge in [-0.3, -0.25) is 4.79 Å². The monoisotopic (exact) mass is 511 g/mol. The molecule has 5 rings (SSSR count). The molecule has 0 saturated heterocycles. The van der Waals surface area contributed by atoms with Crippen LogP contribution in [0.1, 0.15) is 13.8 Å². The third kappa shape index (κ3) is 5.05. The van der Waals surface area contributed by atoms with Crippen molar-refractivity contribution in [3.63, 3.8) is 0 Å². The van der Waals surface area contributed by atoms with Crippen LogP contribution in [0.4, 0.5) is 23.0 Å². The molecule has 0 spiro atoms. The Hall–Kier alpha value is -4.37. The van der Waals surface area contributed by atoms with Crippen molar-refractivity contribution in [3.8, 4) is 11.3 Å². The van der Waals surface area contributed by atoms with E-state index in [2.05, 4.69) is 64.3 Å². The molecule has 38 heavy (non-hydrogen) atoms. The number of hydrogen-bond acceptors (Lipinski definition) is 7. The van der Waals surface area contributed by atoms with Crippen LogP contribution in [-0.4, -0.2) is 59.1 Å². The van der Waals surface area contributed by atoms with Crippen molar-refractivity contribution >= 4 is 50.9 Å². The van der Waals surface area contributed by atoms with Crippen LogP contribution in [0.2, 0.25) is 0 Å². The number of likely N-dealkylation sites (N-methyl/N-ethyl adjacent to an activating group) is 2. The summed E-state index contributed by atoms with van der Waals surface area (Å²) in [5.74, 6) is 0.324. The second kappa shape index (κ2) is 10.5. The van der Waals surface area contributed by atoms with Gasteiger partial charge in [0.15, 0.2) is 5.58 Å². The van der Waals surface area contributed by atoms with E-state index in [1.54, 1.807) is 6.26 Å². The number of aromatic nitrogens is 3. The molecule has 3 heterocycles. The maximum Gasteiger partial charge on any atom is 0.228 e. The average Bonchev–Trinajstić information content (AvgIpc) is 3.49. The molecule has 9 heteroatoms. The van der Waals surface area contributed by atoms with Gasteiger partial charge in [-0.05, 0) is 45.3 Å². The molecule has 5 aromatic rings. The van der Waals surface area contributed by atoms with E-state index in [1.165, 1.54) is 6.92 Å². The lowest BCUT2D eigenvalue weighted by atomic mass is 10.1. The Morgan fingerprint density at radius 1 is 1.08 bits per heavy atom. The highest BCUT2D eigenvalue weighted by atomic mass is 16.3. The molecule has 3 aromatic heterocycles. The van der Waals surface area contributed by atoms with E-state index in [0.717, 1.165) is 58.9 Å². The quantitative estimate of drug-likeness (QED) is 0.271. The van der Waals surface area contributed by atoms with Crippen LogP contribution < -0.4 is 15.5 Å². The van der Waals surface area contributed by atoms with Gasteiger partial charge < -0.3 is 29.4 Å². The zero-order valence-corrected chi connectivity index (χ0v) is 22.4. The van der Waals surface area contributed by atoms with Gasteiger partial charge in [0.25, 0.3) is 0 Å². The summed E-state index contributed by atoms with van der Waals surface area (Å²) in [4.78, 5) is 26.0. The van der Waals surface area contributed by atoms with Gasteiger partial charge in [0.1, 0.15) is 11.2 Å². The lowest BCUT2D eigenvalue weighted by Crippen LogP contribution is -2.32. The molecule has 0 radical (unpaired) electrons. The van der Waals surface area contributed by atoms with Gasteiger partial charge in [-0.2, -0.15) is 0 Å². The van der Waals surface area contributed by atoms with Crippen LogP contribution in [0.3, 0.4) is 0 Å². The SMILES string of the molecule is CCN(CCN(C)C)c1ccc(Nc2nc(-c3cn(C)c4ccccc34)c3occc3n2)cc1NC(C)=O. The summed E-state index contributed by atoms with van der Waals surface area (Å²) in [6.07, 6.45) is 3.70. The molecule has 1 amide bonds. The van der Waals surface area contributed by atoms with Crippen LogP contribution in [-0.2, 0) is 11.8 Å². The predicted octanol–water partition coefficient (Wildman–Crippen LogP) is 5.47. The molecule has 9 nitrogen and oxygen atoms in total.